The maximum atomic E-state index is 13.7. The van der Waals surface area contributed by atoms with E-state index in [9.17, 15) is 4.39 Å². The summed E-state index contributed by atoms with van der Waals surface area (Å²) in [4.78, 5) is 0. The van der Waals surface area contributed by atoms with Gasteiger partial charge in [-0.05, 0) is 38.5 Å². The lowest BCUT2D eigenvalue weighted by molar-refractivity contribution is 0.614. The molecule has 0 fully saturated rings. The molecule has 2 rings (SSSR count). The molecule has 0 saturated heterocycles. The average Bonchev–Trinajstić information content (AvgIpc) is 2.56. The fraction of sp³-hybridized carbons (Fsp3) is 0.308. The number of hydrogen-bond donors (Lipinski definition) is 0. The zero-order valence-corrected chi connectivity index (χ0v) is 11.7. The van der Waals surface area contributed by atoms with E-state index >= 15 is 0 Å². The van der Waals surface area contributed by atoms with Crippen molar-refractivity contribution in [1.82, 2.24) is 9.78 Å². The van der Waals surface area contributed by atoms with Crippen LogP contribution in [0.15, 0.2) is 18.2 Å². The molecule has 1 aromatic heterocycles. The Kier molecular flexibility index (Phi) is 3.33. The molecular formula is C13H14BrFN2. The molecule has 1 heterocycles. The Balaban J connectivity index is 2.68. The molecule has 0 saturated carbocycles. The summed E-state index contributed by atoms with van der Waals surface area (Å²) in [6, 6.07) is 5.07. The summed E-state index contributed by atoms with van der Waals surface area (Å²) >= 11 is 3.33. The SMILES string of the molecule is Cc1nn(-c2cccc(F)c2CBr)c(C)c1C. The van der Waals surface area contributed by atoms with Gasteiger partial charge in [0.05, 0.1) is 11.4 Å². The highest BCUT2D eigenvalue weighted by atomic mass is 79.9. The third kappa shape index (κ3) is 2.02. The molecule has 0 aliphatic rings. The average molecular weight is 297 g/mol. The number of hydrogen-bond acceptors (Lipinski definition) is 1. The lowest BCUT2D eigenvalue weighted by Gasteiger charge is -2.10. The number of nitrogens with zero attached hydrogens (tertiary/aromatic N) is 2. The first-order valence-corrected chi connectivity index (χ1v) is 6.55. The smallest absolute Gasteiger partial charge is 0.129 e. The van der Waals surface area contributed by atoms with Crippen molar-refractivity contribution >= 4 is 15.9 Å². The summed E-state index contributed by atoms with van der Waals surface area (Å²) in [5.74, 6) is -0.204. The minimum absolute atomic E-state index is 0.204. The molecule has 0 radical (unpaired) electrons. The first-order valence-electron chi connectivity index (χ1n) is 5.42. The van der Waals surface area contributed by atoms with E-state index in [1.807, 2.05) is 31.5 Å². The number of aromatic nitrogens is 2. The Bertz CT molecular complexity index is 561. The molecular weight excluding hydrogens is 283 g/mol. The number of rotatable bonds is 2. The maximum absolute atomic E-state index is 13.7. The van der Waals surface area contributed by atoms with Gasteiger partial charge in [-0.15, -0.1) is 0 Å². The van der Waals surface area contributed by atoms with Crippen molar-refractivity contribution in [2.24, 2.45) is 0 Å². The second-order valence-corrected chi connectivity index (χ2v) is 4.64. The van der Waals surface area contributed by atoms with Crippen LogP contribution in [0.2, 0.25) is 0 Å². The van der Waals surface area contributed by atoms with E-state index in [1.54, 1.807) is 6.07 Å². The largest absolute Gasteiger partial charge is 0.237 e. The molecule has 0 atom stereocenters. The van der Waals surface area contributed by atoms with Crippen LogP contribution in [0.1, 0.15) is 22.5 Å². The van der Waals surface area contributed by atoms with Gasteiger partial charge >= 0.3 is 0 Å². The lowest BCUT2D eigenvalue weighted by Crippen LogP contribution is -2.04. The van der Waals surface area contributed by atoms with Crippen molar-refractivity contribution in [2.75, 3.05) is 0 Å². The van der Waals surface area contributed by atoms with Gasteiger partial charge in [-0.25, -0.2) is 9.07 Å². The molecule has 1 aromatic carbocycles. The summed E-state index contributed by atoms with van der Waals surface area (Å²) in [5.41, 5.74) is 4.62. The minimum atomic E-state index is -0.204. The van der Waals surface area contributed by atoms with Crippen LogP contribution in [0.4, 0.5) is 4.39 Å². The van der Waals surface area contributed by atoms with Crippen LogP contribution in [-0.2, 0) is 5.33 Å². The topological polar surface area (TPSA) is 17.8 Å². The molecule has 4 heteroatoms. The van der Waals surface area contributed by atoms with Gasteiger partial charge in [0.25, 0.3) is 0 Å². The molecule has 0 unspecified atom stereocenters. The van der Waals surface area contributed by atoms with Gasteiger partial charge < -0.3 is 0 Å². The molecule has 0 spiro atoms. The van der Waals surface area contributed by atoms with E-state index in [4.69, 9.17) is 0 Å². The molecule has 17 heavy (non-hydrogen) atoms. The Morgan fingerprint density at radius 3 is 2.53 bits per heavy atom. The Labute approximate surface area is 109 Å². The van der Waals surface area contributed by atoms with Crippen LogP contribution in [0.3, 0.4) is 0 Å². The van der Waals surface area contributed by atoms with Gasteiger partial charge in [-0.2, -0.15) is 5.10 Å². The van der Waals surface area contributed by atoms with Crippen molar-refractivity contribution in [3.8, 4) is 5.69 Å². The predicted molar refractivity (Wildman–Crippen MR) is 70.4 cm³/mol. The minimum Gasteiger partial charge on any atom is -0.237 e. The normalized spacial score (nSPS) is 10.9. The standard InChI is InChI=1S/C13H14BrFN2/c1-8-9(2)16-17(10(8)3)13-6-4-5-12(15)11(13)7-14/h4-6H,7H2,1-3H3. The van der Waals surface area contributed by atoms with E-state index < -0.39 is 0 Å². The van der Waals surface area contributed by atoms with Gasteiger partial charge in [-0.3, -0.25) is 0 Å². The zero-order chi connectivity index (χ0) is 12.6. The fourth-order valence-corrected chi connectivity index (χ4v) is 2.39. The molecule has 0 bridgehead atoms. The van der Waals surface area contributed by atoms with Gasteiger partial charge in [0.15, 0.2) is 0 Å². The highest BCUT2D eigenvalue weighted by molar-refractivity contribution is 9.08. The molecule has 0 N–H and O–H groups in total. The van der Waals surface area contributed by atoms with Gasteiger partial charge in [0.1, 0.15) is 5.82 Å². The summed E-state index contributed by atoms with van der Waals surface area (Å²) in [5, 5.41) is 4.94. The zero-order valence-electron chi connectivity index (χ0n) is 10.1. The first-order chi connectivity index (χ1) is 8.06. The van der Waals surface area contributed by atoms with Crippen LogP contribution in [0.25, 0.3) is 5.69 Å². The van der Waals surface area contributed by atoms with Crippen LogP contribution in [0.5, 0.6) is 0 Å². The van der Waals surface area contributed by atoms with E-state index in [0.29, 0.717) is 10.9 Å². The predicted octanol–water partition coefficient (Wildman–Crippen LogP) is 3.83. The third-order valence-electron chi connectivity index (χ3n) is 3.11. The fourth-order valence-electron chi connectivity index (χ4n) is 1.83. The van der Waals surface area contributed by atoms with Gasteiger partial charge in [-0.1, -0.05) is 22.0 Å². The monoisotopic (exact) mass is 296 g/mol. The van der Waals surface area contributed by atoms with E-state index in [2.05, 4.69) is 21.0 Å². The maximum Gasteiger partial charge on any atom is 0.129 e. The van der Waals surface area contributed by atoms with Crippen LogP contribution < -0.4 is 0 Å². The highest BCUT2D eigenvalue weighted by Gasteiger charge is 2.14. The van der Waals surface area contributed by atoms with Crippen molar-refractivity contribution in [2.45, 2.75) is 26.1 Å². The first kappa shape index (κ1) is 12.3. The molecule has 0 aliphatic carbocycles. The highest BCUT2D eigenvalue weighted by Crippen LogP contribution is 2.23. The van der Waals surface area contributed by atoms with Gasteiger partial charge in [0, 0.05) is 16.6 Å². The second-order valence-electron chi connectivity index (χ2n) is 4.08. The second kappa shape index (κ2) is 4.61. The van der Waals surface area contributed by atoms with Crippen LogP contribution >= 0.6 is 15.9 Å². The Morgan fingerprint density at radius 2 is 2.00 bits per heavy atom. The third-order valence-corrected chi connectivity index (χ3v) is 3.67. The Morgan fingerprint density at radius 1 is 1.29 bits per heavy atom. The van der Waals surface area contributed by atoms with Crippen molar-refractivity contribution in [3.63, 3.8) is 0 Å². The summed E-state index contributed by atoms with van der Waals surface area (Å²) in [6.45, 7) is 5.99. The molecule has 90 valence electrons. The van der Waals surface area contributed by atoms with Crippen molar-refractivity contribution < 1.29 is 4.39 Å². The number of benzene rings is 1. The van der Waals surface area contributed by atoms with Crippen LogP contribution in [-0.4, -0.2) is 9.78 Å². The van der Waals surface area contributed by atoms with Gasteiger partial charge in [0.2, 0.25) is 0 Å². The number of alkyl halides is 1. The van der Waals surface area contributed by atoms with Crippen molar-refractivity contribution in [3.05, 3.63) is 46.5 Å². The number of halogens is 2. The molecule has 2 nitrogen and oxygen atoms in total. The quantitative estimate of drug-likeness (QED) is 0.770. The summed E-state index contributed by atoms with van der Waals surface area (Å²) in [6.07, 6.45) is 0. The molecule has 2 aromatic rings. The summed E-state index contributed by atoms with van der Waals surface area (Å²) < 4.78 is 15.5. The Hall–Kier alpha value is -1.16. The van der Waals surface area contributed by atoms with E-state index in [-0.39, 0.29) is 5.82 Å². The lowest BCUT2D eigenvalue weighted by atomic mass is 10.2. The van der Waals surface area contributed by atoms with E-state index in [0.717, 1.165) is 22.6 Å². The number of aryl methyl sites for hydroxylation is 1. The van der Waals surface area contributed by atoms with Crippen molar-refractivity contribution in [1.29, 1.82) is 0 Å². The van der Waals surface area contributed by atoms with E-state index in [1.165, 1.54) is 6.07 Å². The summed E-state index contributed by atoms with van der Waals surface area (Å²) in [7, 11) is 0. The molecule has 0 amide bonds. The van der Waals surface area contributed by atoms with Crippen LogP contribution in [0, 0.1) is 26.6 Å². The molecule has 0 aliphatic heterocycles.